The molecule has 2 rings (SSSR count). The zero-order valence-electron chi connectivity index (χ0n) is 11.7. The van der Waals surface area contributed by atoms with Gasteiger partial charge < -0.3 is 4.74 Å². The van der Waals surface area contributed by atoms with Crippen molar-refractivity contribution in [3.63, 3.8) is 0 Å². The largest absolute Gasteiger partial charge is 0.445 e. The topological polar surface area (TPSA) is 38.3 Å². The number of alkyl halides is 3. The highest BCUT2D eigenvalue weighted by Crippen LogP contribution is 2.47. The van der Waals surface area contributed by atoms with Crippen molar-refractivity contribution in [1.29, 1.82) is 0 Å². The SMILES string of the molecule is CCCCC#CC1(C(F)(F)F)OC(=O)Nc2ccc(Cl)cc21. The van der Waals surface area contributed by atoms with E-state index < -0.39 is 17.9 Å². The van der Waals surface area contributed by atoms with Crippen LogP contribution in [0.4, 0.5) is 23.7 Å². The van der Waals surface area contributed by atoms with Gasteiger partial charge in [-0.05, 0) is 30.5 Å². The van der Waals surface area contributed by atoms with Gasteiger partial charge in [-0.15, -0.1) is 0 Å². The number of carbonyl (C=O) groups excluding carboxylic acids is 1. The van der Waals surface area contributed by atoms with Gasteiger partial charge in [0.15, 0.2) is 0 Å². The first-order chi connectivity index (χ1) is 10.3. The van der Waals surface area contributed by atoms with Crippen molar-refractivity contribution in [3.05, 3.63) is 28.8 Å². The van der Waals surface area contributed by atoms with Crippen LogP contribution in [0.25, 0.3) is 0 Å². The number of unbranched alkanes of at least 4 members (excludes halogenated alkanes) is 2. The zero-order valence-corrected chi connectivity index (χ0v) is 12.4. The summed E-state index contributed by atoms with van der Waals surface area (Å²) >= 11 is 5.79. The summed E-state index contributed by atoms with van der Waals surface area (Å²) < 4.78 is 45.5. The number of anilines is 1. The second-order valence-corrected chi connectivity index (χ2v) is 5.23. The molecule has 0 saturated carbocycles. The zero-order chi connectivity index (χ0) is 16.4. The minimum Gasteiger partial charge on any atom is -0.415 e. The van der Waals surface area contributed by atoms with Crippen molar-refractivity contribution in [1.82, 2.24) is 0 Å². The molecular formula is C15H13ClF3NO2. The van der Waals surface area contributed by atoms with E-state index >= 15 is 0 Å². The van der Waals surface area contributed by atoms with Crippen molar-refractivity contribution in [2.24, 2.45) is 0 Å². The van der Waals surface area contributed by atoms with Crippen LogP contribution in [0.2, 0.25) is 5.02 Å². The Morgan fingerprint density at radius 3 is 2.77 bits per heavy atom. The number of ether oxygens (including phenoxy) is 1. The van der Waals surface area contributed by atoms with Crippen LogP contribution in [0.5, 0.6) is 0 Å². The lowest BCUT2D eigenvalue weighted by Gasteiger charge is -2.35. The van der Waals surface area contributed by atoms with Crippen molar-refractivity contribution in [3.8, 4) is 11.8 Å². The average molecular weight is 332 g/mol. The molecule has 1 aliphatic rings. The lowest BCUT2D eigenvalue weighted by Crippen LogP contribution is -2.49. The average Bonchev–Trinajstić information content (AvgIpc) is 2.42. The van der Waals surface area contributed by atoms with Crippen molar-refractivity contribution in [2.75, 3.05) is 5.32 Å². The number of carbonyl (C=O) groups is 1. The Hall–Kier alpha value is -1.87. The van der Waals surface area contributed by atoms with Gasteiger partial charge in [0, 0.05) is 17.0 Å². The van der Waals surface area contributed by atoms with E-state index in [1.807, 2.05) is 6.92 Å². The fourth-order valence-corrected chi connectivity index (χ4v) is 2.24. The van der Waals surface area contributed by atoms with E-state index in [0.29, 0.717) is 6.42 Å². The number of cyclic esters (lactones) is 1. The summed E-state index contributed by atoms with van der Waals surface area (Å²) in [4.78, 5) is 11.5. The number of rotatable bonds is 2. The Kier molecular flexibility index (Phi) is 4.57. The Labute approximate surface area is 130 Å². The smallest absolute Gasteiger partial charge is 0.415 e. The molecule has 0 aromatic heterocycles. The highest BCUT2D eigenvalue weighted by Gasteiger charge is 2.61. The lowest BCUT2D eigenvalue weighted by molar-refractivity contribution is -0.239. The number of hydrogen-bond acceptors (Lipinski definition) is 2. The van der Waals surface area contributed by atoms with Crippen LogP contribution in [0.15, 0.2) is 18.2 Å². The summed E-state index contributed by atoms with van der Waals surface area (Å²) in [5.74, 6) is 4.57. The Morgan fingerprint density at radius 1 is 1.41 bits per heavy atom. The van der Waals surface area contributed by atoms with Crippen LogP contribution >= 0.6 is 11.6 Å². The molecule has 1 atom stereocenters. The molecule has 1 N–H and O–H groups in total. The summed E-state index contributed by atoms with van der Waals surface area (Å²) in [5, 5.41) is 2.33. The van der Waals surface area contributed by atoms with Gasteiger partial charge in [0.05, 0.1) is 5.69 Å². The van der Waals surface area contributed by atoms with E-state index in [0.717, 1.165) is 12.5 Å². The van der Waals surface area contributed by atoms with Gasteiger partial charge in [-0.25, -0.2) is 4.79 Å². The molecule has 1 heterocycles. The van der Waals surface area contributed by atoms with E-state index in [9.17, 15) is 18.0 Å². The Balaban J connectivity index is 2.60. The lowest BCUT2D eigenvalue weighted by atomic mass is 9.90. The van der Waals surface area contributed by atoms with Crippen LogP contribution < -0.4 is 5.32 Å². The standard InChI is InChI=1S/C15H13ClF3NO2/c1-2-3-4-5-8-14(15(17,18)19)11-9-10(16)6-7-12(11)20-13(21)22-14/h6-7,9H,2-4H2,1H3,(H,20,21). The monoisotopic (exact) mass is 331 g/mol. The van der Waals surface area contributed by atoms with Gasteiger partial charge in [-0.1, -0.05) is 30.9 Å². The van der Waals surface area contributed by atoms with Gasteiger partial charge in [0.2, 0.25) is 0 Å². The Bertz CT molecular complexity index is 648. The van der Waals surface area contributed by atoms with E-state index in [2.05, 4.69) is 21.9 Å². The van der Waals surface area contributed by atoms with Crippen LogP contribution in [-0.4, -0.2) is 12.3 Å². The van der Waals surface area contributed by atoms with Gasteiger partial charge >= 0.3 is 12.3 Å². The van der Waals surface area contributed by atoms with E-state index in [1.165, 1.54) is 12.1 Å². The molecule has 1 unspecified atom stereocenters. The molecule has 0 radical (unpaired) electrons. The number of amides is 1. The third kappa shape index (κ3) is 3.00. The number of benzene rings is 1. The van der Waals surface area contributed by atoms with Crippen molar-refractivity contribution in [2.45, 2.75) is 38.0 Å². The van der Waals surface area contributed by atoms with Crippen molar-refractivity contribution >= 4 is 23.4 Å². The normalized spacial score (nSPS) is 20.3. The van der Waals surface area contributed by atoms with Gasteiger partial charge in [0.1, 0.15) is 0 Å². The molecule has 1 aliphatic heterocycles. The van der Waals surface area contributed by atoms with Gasteiger partial charge in [0.25, 0.3) is 5.60 Å². The maximum Gasteiger partial charge on any atom is 0.445 e. The summed E-state index contributed by atoms with van der Waals surface area (Å²) in [6.45, 7) is 1.90. The molecule has 0 fully saturated rings. The third-order valence-corrected chi connectivity index (χ3v) is 3.40. The number of hydrogen-bond donors (Lipinski definition) is 1. The molecule has 0 aliphatic carbocycles. The molecule has 3 nitrogen and oxygen atoms in total. The Morgan fingerprint density at radius 2 is 2.14 bits per heavy atom. The van der Waals surface area contributed by atoms with Crippen LogP contribution in [-0.2, 0) is 10.3 Å². The van der Waals surface area contributed by atoms with Crippen LogP contribution in [0.1, 0.15) is 31.7 Å². The summed E-state index contributed by atoms with van der Waals surface area (Å²) in [6, 6.07) is 3.79. The molecule has 22 heavy (non-hydrogen) atoms. The predicted octanol–water partition coefficient (Wildman–Crippen LogP) is 4.85. The van der Waals surface area contributed by atoms with Crippen molar-refractivity contribution < 1.29 is 22.7 Å². The maximum absolute atomic E-state index is 13.6. The van der Waals surface area contributed by atoms with Crippen LogP contribution in [0, 0.1) is 11.8 Å². The first kappa shape index (κ1) is 16.5. The minimum absolute atomic E-state index is 0.0113. The fraction of sp³-hybridized carbons (Fsp3) is 0.400. The first-order valence-electron chi connectivity index (χ1n) is 6.67. The van der Waals surface area contributed by atoms with E-state index in [1.54, 1.807) is 0 Å². The highest BCUT2D eigenvalue weighted by molar-refractivity contribution is 6.30. The van der Waals surface area contributed by atoms with Gasteiger partial charge in [-0.2, -0.15) is 13.2 Å². The van der Waals surface area contributed by atoms with Crippen LogP contribution in [0.3, 0.4) is 0 Å². The fourth-order valence-electron chi connectivity index (χ4n) is 2.07. The minimum atomic E-state index is -4.89. The summed E-state index contributed by atoms with van der Waals surface area (Å²) in [6.07, 6.45) is -4.33. The van der Waals surface area contributed by atoms with E-state index in [4.69, 9.17) is 11.6 Å². The summed E-state index contributed by atoms with van der Waals surface area (Å²) in [7, 11) is 0. The maximum atomic E-state index is 13.6. The molecule has 118 valence electrons. The molecule has 0 saturated heterocycles. The quantitative estimate of drug-likeness (QED) is 0.621. The number of nitrogens with one attached hydrogen (secondary N) is 1. The molecular weight excluding hydrogens is 319 g/mol. The predicted molar refractivity (Wildman–Crippen MR) is 76.6 cm³/mol. The van der Waals surface area contributed by atoms with Gasteiger partial charge in [-0.3, -0.25) is 5.32 Å². The highest BCUT2D eigenvalue weighted by atomic mass is 35.5. The summed E-state index contributed by atoms with van der Waals surface area (Å²) in [5.41, 5.74) is -3.32. The van der Waals surface area contributed by atoms with E-state index in [-0.39, 0.29) is 22.7 Å². The third-order valence-electron chi connectivity index (χ3n) is 3.16. The molecule has 0 bridgehead atoms. The molecule has 0 spiro atoms. The first-order valence-corrected chi connectivity index (χ1v) is 7.04. The molecule has 1 aromatic rings. The molecule has 1 aromatic carbocycles. The number of fused-ring (bicyclic) bond motifs is 1. The second-order valence-electron chi connectivity index (χ2n) is 4.79. The molecule has 7 heteroatoms. The second kappa shape index (κ2) is 6.09. The molecule has 1 amide bonds. The number of halogens is 4.